The predicted molar refractivity (Wildman–Crippen MR) is 101 cm³/mol. The maximum atomic E-state index is 11.5. The predicted octanol–water partition coefficient (Wildman–Crippen LogP) is 1.20. The van der Waals surface area contributed by atoms with Gasteiger partial charge in [-0.05, 0) is 6.92 Å². The highest BCUT2D eigenvalue weighted by Crippen LogP contribution is 2.35. The Morgan fingerprint density at radius 3 is 2.83 bits per heavy atom. The molecule has 1 saturated heterocycles. The van der Waals surface area contributed by atoms with Gasteiger partial charge in [-0.1, -0.05) is 0 Å². The summed E-state index contributed by atoms with van der Waals surface area (Å²) in [5.41, 5.74) is 6.83. The van der Waals surface area contributed by atoms with E-state index in [1.165, 1.54) is 26.4 Å². The van der Waals surface area contributed by atoms with Gasteiger partial charge >= 0.3 is 11.9 Å². The molecule has 2 aromatic rings. The average Bonchev–Trinajstić information content (AvgIpc) is 3.21. The number of aromatic nitrogens is 4. The van der Waals surface area contributed by atoms with E-state index in [-0.39, 0.29) is 12.4 Å². The van der Waals surface area contributed by atoms with Gasteiger partial charge in [0, 0.05) is 26.3 Å². The fraction of sp³-hybridized carbons (Fsp3) is 0.500. The van der Waals surface area contributed by atoms with Crippen molar-refractivity contribution in [3.05, 3.63) is 18.4 Å². The Kier molecular flexibility index (Phi) is 6.27. The van der Waals surface area contributed by atoms with Crippen LogP contribution in [-0.4, -0.2) is 56.9 Å². The molecule has 29 heavy (non-hydrogen) atoms. The number of carbonyl (C=O) groups is 2. The molecule has 0 saturated carbocycles. The third-order valence-corrected chi connectivity index (χ3v) is 4.25. The lowest BCUT2D eigenvalue weighted by molar-refractivity contribution is -0.155. The molecule has 156 valence electrons. The molecule has 0 radical (unpaired) electrons. The van der Waals surface area contributed by atoms with Crippen LogP contribution < -0.4 is 5.73 Å². The van der Waals surface area contributed by atoms with Gasteiger partial charge < -0.3 is 24.7 Å². The van der Waals surface area contributed by atoms with Crippen LogP contribution in [0.2, 0.25) is 0 Å². The number of nitrogen functional groups attached to an aromatic ring is 1. The van der Waals surface area contributed by atoms with E-state index in [1.807, 2.05) is 6.92 Å². The zero-order valence-corrected chi connectivity index (χ0v) is 16.4. The minimum Gasteiger partial charge on any atom is -0.501 e. The van der Waals surface area contributed by atoms with Gasteiger partial charge in [0.15, 0.2) is 17.0 Å². The molecule has 0 bridgehead atoms. The molecule has 11 heteroatoms. The first kappa shape index (κ1) is 20.5. The van der Waals surface area contributed by atoms with Crippen LogP contribution >= 0.6 is 0 Å². The van der Waals surface area contributed by atoms with Gasteiger partial charge in [0.1, 0.15) is 37.2 Å². The smallest absolute Gasteiger partial charge is 0.303 e. The van der Waals surface area contributed by atoms with Crippen molar-refractivity contribution in [2.24, 2.45) is 0 Å². The minimum absolute atomic E-state index is 0.0440. The highest BCUT2D eigenvalue weighted by molar-refractivity contribution is 5.83. The first-order valence-electron chi connectivity index (χ1n) is 9.13. The summed E-state index contributed by atoms with van der Waals surface area (Å²) in [6.07, 6.45) is 3.01. The molecule has 1 fully saturated rings. The summed E-state index contributed by atoms with van der Waals surface area (Å²) < 4.78 is 23.5. The van der Waals surface area contributed by atoms with E-state index in [4.69, 9.17) is 24.7 Å². The molecule has 0 aromatic carbocycles. The molecule has 0 spiro atoms. The summed E-state index contributed by atoms with van der Waals surface area (Å²) in [6.45, 7) is 4.93. The normalized spacial score (nSPS) is 21.6. The van der Waals surface area contributed by atoms with Crippen molar-refractivity contribution in [2.45, 2.75) is 45.6 Å². The average molecular weight is 405 g/mol. The number of ether oxygens (including phenoxy) is 4. The van der Waals surface area contributed by atoms with E-state index in [0.717, 1.165) is 0 Å². The Hall–Kier alpha value is -3.21. The van der Waals surface area contributed by atoms with Crippen molar-refractivity contribution in [1.82, 2.24) is 19.5 Å². The van der Waals surface area contributed by atoms with Crippen molar-refractivity contribution in [3.8, 4) is 0 Å². The van der Waals surface area contributed by atoms with E-state index in [1.54, 1.807) is 10.6 Å². The van der Waals surface area contributed by atoms with E-state index in [0.29, 0.717) is 30.0 Å². The lowest BCUT2D eigenvalue weighted by Crippen LogP contribution is -2.31. The van der Waals surface area contributed by atoms with E-state index < -0.39 is 30.4 Å². The molecular formula is C18H23N5O6. The molecule has 1 unspecified atom stereocenters. The van der Waals surface area contributed by atoms with E-state index >= 15 is 0 Å². The summed E-state index contributed by atoms with van der Waals surface area (Å²) >= 11 is 0. The fourth-order valence-electron chi connectivity index (χ4n) is 3.09. The van der Waals surface area contributed by atoms with Gasteiger partial charge in [0.05, 0.1) is 12.9 Å². The summed E-state index contributed by atoms with van der Waals surface area (Å²) in [5.74, 6) is -0.190. The molecule has 3 heterocycles. The molecule has 2 aromatic heterocycles. The number of hydrogen-bond acceptors (Lipinski definition) is 10. The number of imidazole rings is 1. The summed E-state index contributed by atoms with van der Waals surface area (Å²) in [5, 5.41) is 0. The van der Waals surface area contributed by atoms with Crippen LogP contribution in [0.3, 0.4) is 0 Å². The maximum absolute atomic E-state index is 11.5. The highest BCUT2D eigenvalue weighted by atomic mass is 16.6. The molecule has 11 nitrogen and oxygen atoms in total. The second kappa shape index (κ2) is 8.86. The first-order chi connectivity index (χ1) is 13.9. The molecule has 0 amide bonds. The zero-order valence-electron chi connectivity index (χ0n) is 16.4. The van der Waals surface area contributed by atoms with Crippen LogP contribution in [0.5, 0.6) is 0 Å². The molecular weight excluding hydrogens is 382 g/mol. The Balaban J connectivity index is 1.97. The Bertz CT molecular complexity index is 927. The molecule has 3 atom stereocenters. The highest BCUT2D eigenvalue weighted by Gasteiger charge is 2.40. The van der Waals surface area contributed by atoms with Gasteiger partial charge in [-0.25, -0.2) is 15.0 Å². The first-order valence-corrected chi connectivity index (χ1v) is 9.13. The van der Waals surface area contributed by atoms with Crippen molar-refractivity contribution < 1.29 is 28.5 Å². The van der Waals surface area contributed by atoms with Gasteiger partial charge in [-0.2, -0.15) is 0 Å². The Morgan fingerprint density at radius 1 is 1.34 bits per heavy atom. The molecule has 1 aliphatic heterocycles. The van der Waals surface area contributed by atoms with Crippen molar-refractivity contribution in [3.63, 3.8) is 0 Å². The summed E-state index contributed by atoms with van der Waals surface area (Å²) in [6, 6.07) is 0. The van der Waals surface area contributed by atoms with Crippen molar-refractivity contribution in [1.29, 1.82) is 0 Å². The van der Waals surface area contributed by atoms with Gasteiger partial charge in [0.2, 0.25) is 0 Å². The Labute approximate surface area is 166 Å². The standard InChI is InChI=1S/C18H23N5O6/c1-4-26-6-5-14-22-16-17(19)20-9-21-18(16)23(14)15-7-12(28-11(3)25)13(29-15)8-27-10(2)24/h5-6,9,12-13,15H,4,7-8H2,1-3H3,(H2,19,20,21)/t12?,13-,15-/m1/s1. The van der Waals surface area contributed by atoms with Crippen molar-refractivity contribution in [2.75, 3.05) is 18.9 Å². The molecule has 1 aliphatic rings. The van der Waals surface area contributed by atoms with Crippen molar-refractivity contribution >= 4 is 35.0 Å². The number of rotatable bonds is 7. The monoisotopic (exact) mass is 405 g/mol. The quantitative estimate of drug-likeness (QED) is 0.527. The van der Waals surface area contributed by atoms with Crippen LogP contribution in [0, 0.1) is 0 Å². The molecule has 3 rings (SSSR count). The number of carbonyl (C=O) groups excluding carboxylic acids is 2. The van der Waals surface area contributed by atoms with Gasteiger partial charge in [-0.15, -0.1) is 0 Å². The maximum Gasteiger partial charge on any atom is 0.303 e. The summed E-state index contributed by atoms with van der Waals surface area (Å²) in [4.78, 5) is 35.4. The second-order valence-corrected chi connectivity index (χ2v) is 6.34. The molecule has 2 N–H and O–H groups in total. The van der Waals surface area contributed by atoms with Gasteiger partial charge in [0.25, 0.3) is 0 Å². The number of nitrogens with two attached hydrogens (primary N) is 1. The fourth-order valence-corrected chi connectivity index (χ4v) is 3.09. The van der Waals surface area contributed by atoms with Gasteiger partial charge in [-0.3, -0.25) is 14.2 Å². The SMILES string of the molecule is CCOC=Cc1nc2c(N)ncnc2n1[C@H]1CC(OC(C)=O)[C@@H](COC(C)=O)O1. The number of nitrogens with zero attached hydrogens (tertiary/aromatic N) is 4. The second-order valence-electron chi connectivity index (χ2n) is 6.34. The van der Waals surface area contributed by atoms with E-state index in [2.05, 4.69) is 15.0 Å². The van der Waals surface area contributed by atoms with Crippen LogP contribution in [-0.2, 0) is 28.5 Å². The van der Waals surface area contributed by atoms with Crippen LogP contribution in [0.4, 0.5) is 5.82 Å². The number of fused-ring (bicyclic) bond motifs is 1. The third kappa shape index (κ3) is 4.62. The largest absolute Gasteiger partial charge is 0.501 e. The number of anilines is 1. The molecule has 0 aliphatic carbocycles. The zero-order chi connectivity index (χ0) is 21.0. The van der Waals surface area contributed by atoms with Crippen LogP contribution in [0.25, 0.3) is 17.2 Å². The Morgan fingerprint density at radius 2 is 2.14 bits per heavy atom. The van der Waals surface area contributed by atoms with Crippen LogP contribution in [0.15, 0.2) is 12.6 Å². The number of esters is 2. The third-order valence-electron chi connectivity index (χ3n) is 4.25. The van der Waals surface area contributed by atoms with Crippen LogP contribution in [0.1, 0.15) is 39.2 Å². The minimum atomic E-state index is -0.631. The summed E-state index contributed by atoms with van der Waals surface area (Å²) in [7, 11) is 0. The lowest BCUT2D eigenvalue weighted by atomic mass is 10.2. The topological polar surface area (TPSA) is 141 Å². The number of hydrogen-bond donors (Lipinski definition) is 1. The van der Waals surface area contributed by atoms with E-state index in [9.17, 15) is 9.59 Å². The lowest BCUT2D eigenvalue weighted by Gasteiger charge is -2.18.